The quantitative estimate of drug-likeness (QED) is 0.887. The van der Waals surface area contributed by atoms with E-state index in [9.17, 15) is 14.0 Å². The fraction of sp³-hybridized carbons (Fsp3) is 0.312. The zero-order valence-electron chi connectivity index (χ0n) is 12.9. The molecule has 0 aliphatic carbocycles. The van der Waals surface area contributed by atoms with E-state index < -0.39 is 24.2 Å². The van der Waals surface area contributed by atoms with Gasteiger partial charge in [0, 0.05) is 12.2 Å². The van der Waals surface area contributed by atoms with Crippen LogP contribution >= 0.6 is 0 Å². The van der Waals surface area contributed by atoms with Gasteiger partial charge in [0.2, 0.25) is 0 Å². The average molecular weight is 319 g/mol. The SMILES string of the molecule is CCC(C)N(CC(=O)O)C(=O)c1ccn(-c2ccccc2F)n1. The summed E-state index contributed by atoms with van der Waals surface area (Å²) < 4.78 is 15.0. The Bertz CT molecular complexity index is 714. The van der Waals surface area contributed by atoms with Crippen molar-refractivity contribution in [3.8, 4) is 5.69 Å². The molecule has 1 atom stereocenters. The lowest BCUT2D eigenvalue weighted by molar-refractivity contribution is -0.138. The van der Waals surface area contributed by atoms with Crippen LogP contribution in [0.3, 0.4) is 0 Å². The van der Waals surface area contributed by atoms with Crippen LogP contribution in [0, 0.1) is 5.82 Å². The predicted molar refractivity (Wildman–Crippen MR) is 81.9 cm³/mol. The number of carbonyl (C=O) groups excluding carboxylic acids is 1. The standard InChI is InChI=1S/C16H18FN3O3/c1-3-11(2)19(10-15(21)22)16(23)13-8-9-20(18-13)14-7-5-4-6-12(14)17/h4-9,11H,3,10H2,1-2H3,(H,21,22). The highest BCUT2D eigenvalue weighted by Crippen LogP contribution is 2.14. The fourth-order valence-electron chi connectivity index (χ4n) is 2.15. The first-order valence-corrected chi connectivity index (χ1v) is 7.27. The molecule has 7 heteroatoms. The van der Waals surface area contributed by atoms with Crippen LogP contribution in [-0.4, -0.2) is 44.3 Å². The van der Waals surface area contributed by atoms with Crippen molar-refractivity contribution in [2.45, 2.75) is 26.3 Å². The summed E-state index contributed by atoms with van der Waals surface area (Å²) >= 11 is 0. The summed E-state index contributed by atoms with van der Waals surface area (Å²) in [7, 11) is 0. The summed E-state index contributed by atoms with van der Waals surface area (Å²) in [6.07, 6.45) is 2.09. The third-order valence-corrected chi connectivity index (χ3v) is 3.60. The van der Waals surface area contributed by atoms with Crippen molar-refractivity contribution in [2.24, 2.45) is 0 Å². The highest BCUT2D eigenvalue weighted by atomic mass is 19.1. The maximum absolute atomic E-state index is 13.8. The number of aromatic nitrogens is 2. The maximum atomic E-state index is 13.8. The van der Waals surface area contributed by atoms with Crippen LogP contribution in [0.1, 0.15) is 30.8 Å². The second-order valence-electron chi connectivity index (χ2n) is 5.18. The largest absolute Gasteiger partial charge is 0.480 e. The molecule has 1 unspecified atom stereocenters. The number of aliphatic carboxylic acids is 1. The molecule has 0 aliphatic rings. The summed E-state index contributed by atoms with van der Waals surface area (Å²) in [5.41, 5.74) is 0.301. The molecule has 0 aliphatic heterocycles. The van der Waals surface area contributed by atoms with Gasteiger partial charge in [0.25, 0.3) is 5.91 Å². The molecule has 1 aromatic carbocycles. The number of hydrogen-bond donors (Lipinski definition) is 1. The molecule has 0 spiro atoms. The maximum Gasteiger partial charge on any atom is 0.323 e. The molecule has 6 nitrogen and oxygen atoms in total. The highest BCUT2D eigenvalue weighted by molar-refractivity contribution is 5.94. The second kappa shape index (κ2) is 7.04. The minimum Gasteiger partial charge on any atom is -0.480 e. The van der Waals surface area contributed by atoms with E-state index in [-0.39, 0.29) is 17.4 Å². The van der Waals surface area contributed by atoms with Gasteiger partial charge in [-0.05, 0) is 31.5 Å². The molecule has 0 fully saturated rings. The van der Waals surface area contributed by atoms with E-state index >= 15 is 0 Å². The molecule has 0 saturated heterocycles. The Balaban J connectivity index is 2.29. The lowest BCUT2D eigenvalue weighted by Gasteiger charge is -2.26. The number of carboxylic acids is 1. The molecule has 1 heterocycles. The summed E-state index contributed by atoms with van der Waals surface area (Å²) in [6, 6.07) is 7.28. The van der Waals surface area contributed by atoms with Crippen LogP contribution in [0.4, 0.5) is 4.39 Å². The van der Waals surface area contributed by atoms with Crippen LogP contribution in [0.2, 0.25) is 0 Å². The number of carboxylic acid groups (broad SMARTS) is 1. The van der Waals surface area contributed by atoms with E-state index in [1.807, 2.05) is 6.92 Å². The summed E-state index contributed by atoms with van der Waals surface area (Å²) in [5.74, 6) is -2.04. The first-order chi connectivity index (χ1) is 10.9. The number of amides is 1. The number of benzene rings is 1. The molecule has 2 rings (SSSR count). The van der Waals surface area contributed by atoms with E-state index in [4.69, 9.17) is 5.11 Å². The predicted octanol–water partition coefficient (Wildman–Crippen LogP) is 2.34. The number of hydrogen-bond acceptors (Lipinski definition) is 3. The monoisotopic (exact) mass is 319 g/mol. The van der Waals surface area contributed by atoms with Crippen molar-refractivity contribution in [3.63, 3.8) is 0 Å². The van der Waals surface area contributed by atoms with Gasteiger partial charge in [-0.2, -0.15) is 5.10 Å². The van der Waals surface area contributed by atoms with Crippen LogP contribution in [0.5, 0.6) is 0 Å². The lowest BCUT2D eigenvalue weighted by atomic mass is 10.2. The van der Waals surface area contributed by atoms with Crippen LogP contribution in [-0.2, 0) is 4.79 Å². The van der Waals surface area contributed by atoms with Crippen molar-refractivity contribution in [1.82, 2.24) is 14.7 Å². The van der Waals surface area contributed by atoms with Gasteiger partial charge < -0.3 is 10.0 Å². The van der Waals surface area contributed by atoms with Crippen LogP contribution in [0.25, 0.3) is 5.69 Å². The normalized spacial score (nSPS) is 12.0. The van der Waals surface area contributed by atoms with Crippen LogP contribution < -0.4 is 0 Å². The molecular formula is C16H18FN3O3. The molecule has 0 saturated carbocycles. The van der Waals surface area contributed by atoms with Gasteiger partial charge in [-0.1, -0.05) is 19.1 Å². The Labute approximate surface area is 133 Å². The Morgan fingerprint density at radius 1 is 1.35 bits per heavy atom. The summed E-state index contributed by atoms with van der Waals surface area (Å²) in [6.45, 7) is 3.24. The fourth-order valence-corrected chi connectivity index (χ4v) is 2.15. The number of rotatable bonds is 6. The second-order valence-corrected chi connectivity index (χ2v) is 5.18. The van der Waals surface area contributed by atoms with E-state index in [2.05, 4.69) is 5.10 Å². The van der Waals surface area contributed by atoms with Gasteiger partial charge in [0.15, 0.2) is 5.69 Å². The van der Waals surface area contributed by atoms with Crippen molar-refractivity contribution in [1.29, 1.82) is 0 Å². The van der Waals surface area contributed by atoms with Gasteiger partial charge in [-0.25, -0.2) is 9.07 Å². The minimum absolute atomic E-state index is 0.0785. The topological polar surface area (TPSA) is 75.4 Å². The van der Waals surface area contributed by atoms with Gasteiger partial charge in [-0.3, -0.25) is 9.59 Å². The average Bonchev–Trinajstić information content (AvgIpc) is 3.01. The van der Waals surface area contributed by atoms with E-state index in [1.54, 1.807) is 25.1 Å². The highest BCUT2D eigenvalue weighted by Gasteiger charge is 2.24. The van der Waals surface area contributed by atoms with Crippen molar-refractivity contribution >= 4 is 11.9 Å². The zero-order chi connectivity index (χ0) is 17.0. The van der Waals surface area contributed by atoms with Gasteiger partial charge >= 0.3 is 5.97 Å². The molecular weight excluding hydrogens is 301 g/mol. The first-order valence-electron chi connectivity index (χ1n) is 7.27. The third-order valence-electron chi connectivity index (χ3n) is 3.60. The van der Waals surface area contributed by atoms with Crippen molar-refractivity contribution in [3.05, 3.63) is 48.0 Å². The number of halogens is 1. The number of carbonyl (C=O) groups is 2. The smallest absolute Gasteiger partial charge is 0.323 e. The Morgan fingerprint density at radius 3 is 2.65 bits per heavy atom. The Morgan fingerprint density at radius 2 is 2.04 bits per heavy atom. The van der Waals surface area contributed by atoms with Crippen molar-refractivity contribution < 1.29 is 19.1 Å². The first kappa shape index (κ1) is 16.7. The van der Waals surface area contributed by atoms with Gasteiger partial charge in [0.1, 0.15) is 18.0 Å². The molecule has 1 amide bonds. The van der Waals surface area contributed by atoms with E-state index in [0.29, 0.717) is 6.42 Å². The van der Waals surface area contributed by atoms with E-state index in [0.717, 1.165) is 0 Å². The number of nitrogens with zero attached hydrogens (tertiary/aromatic N) is 3. The Hall–Kier alpha value is -2.70. The van der Waals surface area contributed by atoms with Crippen LogP contribution in [0.15, 0.2) is 36.5 Å². The molecule has 0 bridgehead atoms. The summed E-state index contributed by atoms with van der Waals surface area (Å²) in [4.78, 5) is 24.7. The van der Waals surface area contributed by atoms with E-state index in [1.165, 1.54) is 27.9 Å². The molecule has 1 N–H and O–H groups in total. The minimum atomic E-state index is -1.09. The molecule has 122 valence electrons. The van der Waals surface area contributed by atoms with Crippen molar-refractivity contribution in [2.75, 3.05) is 6.54 Å². The van der Waals surface area contributed by atoms with Gasteiger partial charge in [0.05, 0.1) is 0 Å². The number of para-hydroxylation sites is 1. The lowest BCUT2D eigenvalue weighted by Crippen LogP contribution is -2.42. The molecule has 0 radical (unpaired) electrons. The molecule has 1 aromatic heterocycles. The Kier molecular flexibility index (Phi) is 5.10. The molecule has 23 heavy (non-hydrogen) atoms. The third kappa shape index (κ3) is 3.74. The zero-order valence-corrected chi connectivity index (χ0v) is 12.9. The van der Waals surface area contributed by atoms with Gasteiger partial charge in [-0.15, -0.1) is 0 Å². The molecule has 2 aromatic rings. The summed E-state index contributed by atoms with van der Waals surface area (Å²) in [5, 5.41) is 13.1.